The Morgan fingerprint density at radius 1 is 1.21 bits per heavy atom. The normalized spacial score (nSPS) is 21.4. The highest BCUT2D eigenvalue weighted by Crippen LogP contribution is 2.27. The number of rotatable bonds is 7. The van der Waals surface area contributed by atoms with E-state index in [9.17, 15) is 9.18 Å². The number of nitrogens with zero attached hydrogens (tertiary/aromatic N) is 4. The smallest absolute Gasteiger partial charge is 0.265 e. The Labute approximate surface area is 199 Å². The second-order valence-electron chi connectivity index (χ2n) is 9.23. The number of piperidine rings is 2. The van der Waals surface area contributed by atoms with Crippen LogP contribution in [0.5, 0.6) is 0 Å². The van der Waals surface area contributed by atoms with Crippen LogP contribution in [0.1, 0.15) is 67.9 Å². The fourth-order valence-corrected chi connectivity index (χ4v) is 5.66. The van der Waals surface area contributed by atoms with E-state index in [1.807, 2.05) is 11.8 Å². The summed E-state index contributed by atoms with van der Waals surface area (Å²) in [7, 11) is 0. The zero-order valence-electron chi connectivity index (χ0n) is 19.7. The second-order valence-corrected chi connectivity index (χ2v) is 10.3. The molecule has 33 heavy (non-hydrogen) atoms. The highest BCUT2D eigenvalue weighted by Gasteiger charge is 2.31. The zero-order valence-corrected chi connectivity index (χ0v) is 20.5. The van der Waals surface area contributed by atoms with Crippen molar-refractivity contribution >= 4 is 22.4 Å². The minimum atomic E-state index is -0.357. The van der Waals surface area contributed by atoms with Crippen LogP contribution in [0.15, 0.2) is 24.5 Å². The predicted molar refractivity (Wildman–Crippen MR) is 128 cm³/mol. The van der Waals surface area contributed by atoms with Crippen LogP contribution in [0, 0.1) is 5.82 Å². The molecule has 1 amide bonds. The first-order chi connectivity index (χ1) is 15.9. The van der Waals surface area contributed by atoms with Crippen LogP contribution >= 0.6 is 11.3 Å². The van der Waals surface area contributed by atoms with Gasteiger partial charge in [-0.05, 0) is 65.1 Å². The van der Waals surface area contributed by atoms with Crippen LogP contribution in [0.4, 0.5) is 9.52 Å². The van der Waals surface area contributed by atoms with Gasteiger partial charge in [0.1, 0.15) is 10.7 Å². The number of carbonyl (C=O) groups excluding carboxylic acids is 1. The minimum absolute atomic E-state index is 0.0235. The van der Waals surface area contributed by atoms with Crippen molar-refractivity contribution in [3.8, 4) is 0 Å². The molecule has 0 spiro atoms. The van der Waals surface area contributed by atoms with Gasteiger partial charge < -0.3 is 15.0 Å². The van der Waals surface area contributed by atoms with Gasteiger partial charge in [0, 0.05) is 31.9 Å². The topological polar surface area (TPSA) is 70.6 Å². The summed E-state index contributed by atoms with van der Waals surface area (Å²) in [6, 6.07) is 3.13. The van der Waals surface area contributed by atoms with Crippen LogP contribution in [-0.2, 0) is 4.74 Å². The summed E-state index contributed by atoms with van der Waals surface area (Å²) >= 11 is 1.31. The van der Waals surface area contributed by atoms with E-state index in [-0.39, 0.29) is 23.9 Å². The Kier molecular flexibility index (Phi) is 7.93. The summed E-state index contributed by atoms with van der Waals surface area (Å²) in [5.41, 5.74) is 0.335. The van der Waals surface area contributed by atoms with Crippen LogP contribution in [0.2, 0.25) is 0 Å². The van der Waals surface area contributed by atoms with E-state index in [4.69, 9.17) is 4.74 Å². The SMILES string of the molecule is CC(C)OC1CCCN(C2CCN(C(=O)c3cnc(N[C@@H](C)c4ncccc4F)s3)CC2)C1. The molecule has 1 N–H and O–H groups in total. The Morgan fingerprint density at radius 3 is 2.73 bits per heavy atom. The van der Waals surface area contributed by atoms with E-state index in [0.717, 1.165) is 45.4 Å². The van der Waals surface area contributed by atoms with Crippen molar-refractivity contribution in [2.75, 3.05) is 31.5 Å². The van der Waals surface area contributed by atoms with Crippen LogP contribution in [0.3, 0.4) is 0 Å². The van der Waals surface area contributed by atoms with Gasteiger partial charge in [-0.15, -0.1) is 0 Å². The number of anilines is 1. The van der Waals surface area contributed by atoms with E-state index in [1.165, 1.54) is 23.8 Å². The summed E-state index contributed by atoms with van der Waals surface area (Å²) in [6.07, 6.45) is 8.05. The van der Waals surface area contributed by atoms with E-state index in [2.05, 4.69) is 34.0 Å². The Morgan fingerprint density at radius 2 is 2.00 bits per heavy atom. The van der Waals surface area contributed by atoms with Crippen LogP contribution < -0.4 is 5.32 Å². The standard InChI is InChI=1S/C24H34FN5O2S/c1-16(2)32-19-6-5-11-30(15-19)18-8-12-29(13-9-18)23(31)21-14-27-24(33-21)28-17(3)22-20(25)7-4-10-26-22/h4,7,10,14,16-19H,5-6,8-9,11-13,15H2,1-3H3,(H,27,28)/t17-,19?/m0/s1. The van der Waals surface area contributed by atoms with Crippen molar-refractivity contribution in [3.63, 3.8) is 0 Å². The van der Waals surface area contributed by atoms with Crippen LogP contribution in [0.25, 0.3) is 0 Å². The maximum Gasteiger partial charge on any atom is 0.265 e. The molecule has 180 valence electrons. The van der Waals surface area contributed by atoms with Gasteiger partial charge in [-0.1, -0.05) is 11.3 Å². The fourth-order valence-electron chi connectivity index (χ4n) is 4.79. The van der Waals surface area contributed by atoms with Gasteiger partial charge >= 0.3 is 0 Å². The van der Waals surface area contributed by atoms with E-state index in [1.54, 1.807) is 18.5 Å². The van der Waals surface area contributed by atoms with Gasteiger partial charge in [0.25, 0.3) is 5.91 Å². The number of nitrogens with one attached hydrogen (secondary N) is 1. The van der Waals surface area contributed by atoms with Crippen molar-refractivity contribution in [3.05, 3.63) is 40.9 Å². The molecule has 2 fully saturated rings. The minimum Gasteiger partial charge on any atom is -0.374 e. The number of likely N-dealkylation sites (tertiary alicyclic amines) is 2. The quantitative estimate of drug-likeness (QED) is 0.642. The highest BCUT2D eigenvalue weighted by atomic mass is 32.1. The first-order valence-corrected chi connectivity index (χ1v) is 12.7. The number of hydrogen-bond acceptors (Lipinski definition) is 7. The Balaban J connectivity index is 1.29. The van der Waals surface area contributed by atoms with Gasteiger partial charge in [0.15, 0.2) is 5.13 Å². The van der Waals surface area contributed by atoms with Crippen molar-refractivity contribution in [1.82, 2.24) is 19.8 Å². The number of pyridine rings is 1. The molecule has 2 atom stereocenters. The molecule has 0 radical (unpaired) electrons. The maximum atomic E-state index is 14.0. The molecule has 7 nitrogen and oxygen atoms in total. The van der Waals surface area contributed by atoms with Crippen molar-refractivity contribution in [1.29, 1.82) is 0 Å². The second kappa shape index (κ2) is 10.9. The third kappa shape index (κ3) is 6.07. The molecule has 0 bridgehead atoms. The molecule has 0 aromatic carbocycles. The van der Waals surface area contributed by atoms with Crippen molar-refractivity contribution < 1.29 is 13.9 Å². The molecule has 0 aliphatic carbocycles. The highest BCUT2D eigenvalue weighted by molar-refractivity contribution is 7.17. The molecular weight excluding hydrogens is 441 g/mol. The lowest BCUT2D eigenvalue weighted by Crippen LogP contribution is -2.51. The molecule has 1 unspecified atom stereocenters. The zero-order chi connectivity index (χ0) is 23.4. The van der Waals surface area contributed by atoms with Crippen molar-refractivity contribution in [2.24, 2.45) is 0 Å². The number of amides is 1. The van der Waals surface area contributed by atoms with Crippen LogP contribution in [-0.4, -0.2) is 70.1 Å². The Bertz CT molecular complexity index is 931. The van der Waals surface area contributed by atoms with E-state index in [0.29, 0.717) is 27.8 Å². The van der Waals surface area contributed by atoms with Crippen molar-refractivity contribution in [2.45, 2.75) is 70.7 Å². The molecule has 2 aromatic heterocycles. The molecule has 0 saturated carbocycles. The number of halogens is 1. The van der Waals surface area contributed by atoms with Gasteiger partial charge in [0.2, 0.25) is 0 Å². The van der Waals surface area contributed by atoms with Gasteiger partial charge in [-0.3, -0.25) is 14.7 Å². The molecule has 2 aliphatic rings. The lowest BCUT2D eigenvalue weighted by atomic mass is 9.98. The Hall–Kier alpha value is -2.10. The molecular formula is C24H34FN5O2S. The number of carbonyl (C=O) groups is 1. The maximum absolute atomic E-state index is 14.0. The summed E-state index contributed by atoms with van der Waals surface area (Å²) in [5.74, 6) is -0.334. The summed E-state index contributed by atoms with van der Waals surface area (Å²) in [6.45, 7) is 9.65. The van der Waals surface area contributed by atoms with Gasteiger partial charge in [0.05, 0.1) is 30.1 Å². The average molecular weight is 476 g/mol. The molecule has 4 heterocycles. The third-order valence-corrected chi connectivity index (χ3v) is 7.31. The predicted octanol–water partition coefficient (Wildman–Crippen LogP) is 4.34. The van der Waals surface area contributed by atoms with E-state index >= 15 is 0 Å². The first-order valence-electron chi connectivity index (χ1n) is 11.9. The first kappa shape index (κ1) is 24.0. The largest absolute Gasteiger partial charge is 0.374 e. The molecule has 2 saturated heterocycles. The third-order valence-electron chi connectivity index (χ3n) is 6.40. The number of aromatic nitrogens is 2. The molecule has 2 aliphatic heterocycles. The summed E-state index contributed by atoms with van der Waals surface area (Å²) in [5, 5.41) is 3.75. The monoisotopic (exact) mass is 475 g/mol. The number of hydrogen-bond donors (Lipinski definition) is 1. The molecule has 2 aromatic rings. The average Bonchev–Trinajstić information content (AvgIpc) is 3.27. The number of ether oxygens (including phenoxy) is 1. The van der Waals surface area contributed by atoms with Gasteiger partial charge in [-0.2, -0.15) is 0 Å². The molecule has 4 rings (SSSR count). The van der Waals surface area contributed by atoms with E-state index < -0.39 is 0 Å². The fraction of sp³-hybridized carbons (Fsp3) is 0.625. The summed E-state index contributed by atoms with van der Waals surface area (Å²) in [4.78, 5) is 26.6. The molecule has 9 heteroatoms. The lowest BCUT2D eigenvalue weighted by Gasteiger charge is -2.42. The van der Waals surface area contributed by atoms with Gasteiger partial charge in [-0.25, -0.2) is 9.37 Å². The number of thiazole rings is 1. The summed E-state index contributed by atoms with van der Waals surface area (Å²) < 4.78 is 20.0. The lowest BCUT2D eigenvalue weighted by molar-refractivity contribution is -0.0471.